The fourth-order valence-electron chi connectivity index (χ4n) is 3.44. The normalized spacial score (nSPS) is 17.7. The Balaban J connectivity index is 2.09. The third-order valence-electron chi connectivity index (χ3n) is 5.58. The predicted molar refractivity (Wildman–Crippen MR) is 114 cm³/mol. The number of aromatic nitrogens is 2. The molecule has 3 N–H and O–H groups in total. The summed E-state index contributed by atoms with van der Waals surface area (Å²) in [4.78, 5) is 29.9. The van der Waals surface area contributed by atoms with Crippen molar-refractivity contribution < 1.29 is 24.2 Å². The van der Waals surface area contributed by atoms with Gasteiger partial charge in [0.15, 0.2) is 5.69 Å². The average Bonchev–Trinajstić information content (AvgIpc) is 3.33. The number of carbonyl (C=O) groups is 2. The lowest BCUT2D eigenvalue weighted by Crippen LogP contribution is -2.39. The molecule has 0 spiro atoms. The van der Waals surface area contributed by atoms with Gasteiger partial charge in [-0.3, -0.25) is 4.79 Å². The van der Waals surface area contributed by atoms with Gasteiger partial charge in [0.25, 0.3) is 0 Å². The Morgan fingerprint density at radius 3 is 2.77 bits per heavy atom. The van der Waals surface area contributed by atoms with E-state index in [1.165, 1.54) is 7.11 Å². The minimum atomic E-state index is -0.943. The molecule has 9 nitrogen and oxygen atoms in total. The quantitative estimate of drug-likeness (QED) is 0.592. The van der Waals surface area contributed by atoms with E-state index in [1.807, 2.05) is 19.9 Å². The highest BCUT2D eigenvalue weighted by atomic mass is 16.5. The molecule has 2 aromatic heterocycles. The molecule has 3 heterocycles. The van der Waals surface area contributed by atoms with Crippen LogP contribution in [0.4, 0.5) is 11.4 Å². The minimum Gasteiger partial charge on any atom is -0.464 e. The summed E-state index contributed by atoms with van der Waals surface area (Å²) in [6.07, 6.45) is 2.29. The molecule has 2 aromatic rings. The summed E-state index contributed by atoms with van der Waals surface area (Å²) in [5, 5.41) is 17.0. The van der Waals surface area contributed by atoms with Gasteiger partial charge in [-0.05, 0) is 40.2 Å². The maximum Gasteiger partial charge on any atom is 0.356 e. The van der Waals surface area contributed by atoms with E-state index in [9.17, 15) is 14.7 Å². The van der Waals surface area contributed by atoms with Crippen LogP contribution in [0.25, 0.3) is 11.0 Å². The molecule has 0 aromatic carbocycles. The van der Waals surface area contributed by atoms with E-state index in [1.54, 1.807) is 24.6 Å². The van der Waals surface area contributed by atoms with E-state index in [2.05, 4.69) is 15.6 Å². The van der Waals surface area contributed by atoms with E-state index >= 15 is 0 Å². The van der Waals surface area contributed by atoms with Gasteiger partial charge >= 0.3 is 5.97 Å². The summed E-state index contributed by atoms with van der Waals surface area (Å²) >= 11 is 0. The van der Waals surface area contributed by atoms with Crippen LogP contribution in [0.3, 0.4) is 0 Å². The molecule has 3 rings (SSSR count). The van der Waals surface area contributed by atoms with E-state index in [4.69, 9.17) is 9.47 Å². The number of nitrogens with one attached hydrogen (secondary N) is 2. The van der Waals surface area contributed by atoms with Crippen LogP contribution in [0.5, 0.6) is 0 Å². The second-order valence-electron chi connectivity index (χ2n) is 8.12. The lowest BCUT2D eigenvalue weighted by atomic mass is 10.0. The van der Waals surface area contributed by atoms with Gasteiger partial charge < -0.3 is 29.8 Å². The molecule has 1 amide bonds. The lowest BCUT2D eigenvalue weighted by Gasteiger charge is -2.27. The number of rotatable bonds is 7. The summed E-state index contributed by atoms with van der Waals surface area (Å²) in [6, 6.07) is 1.57. The van der Waals surface area contributed by atoms with Gasteiger partial charge in [0, 0.05) is 18.5 Å². The van der Waals surface area contributed by atoms with Gasteiger partial charge in [-0.15, -0.1) is 0 Å². The molecule has 0 radical (unpaired) electrons. The van der Waals surface area contributed by atoms with Crippen LogP contribution in [0, 0.1) is 5.92 Å². The highest BCUT2D eigenvalue weighted by Gasteiger charge is 2.30. The number of methoxy groups -OCH3 is 1. The molecule has 164 valence electrons. The van der Waals surface area contributed by atoms with Crippen LogP contribution in [0.15, 0.2) is 12.3 Å². The van der Waals surface area contributed by atoms with Crippen molar-refractivity contribution in [3.8, 4) is 0 Å². The molecule has 2 atom stereocenters. The number of nitrogens with zero attached hydrogens (tertiary/aromatic N) is 2. The molecule has 0 aliphatic carbocycles. The number of amides is 1. The van der Waals surface area contributed by atoms with Crippen LogP contribution in [0.1, 0.15) is 44.6 Å². The Morgan fingerprint density at radius 1 is 1.47 bits per heavy atom. The number of anilines is 2. The average molecular weight is 418 g/mol. The van der Waals surface area contributed by atoms with Crippen molar-refractivity contribution in [2.75, 3.05) is 31.0 Å². The molecule has 0 bridgehead atoms. The van der Waals surface area contributed by atoms with Gasteiger partial charge in [-0.2, -0.15) is 0 Å². The topological polar surface area (TPSA) is 115 Å². The molecule has 0 saturated carbocycles. The van der Waals surface area contributed by atoms with Crippen molar-refractivity contribution in [3.05, 3.63) is 18.0 Å². The van der Waals surface area contributed by atoms with Crippen LogP contribution in [0.2, 0.25) is 0 Å². The molecular formula is C21H30N4O5. The van der Waals surface area contributed by atoms with Crippen molar-refractivity contribution >= 4 is 34.3 Å². The standard InChI is InChI=1S/C21H30N4O5/c1-6-25-17(20(27)29-5)16(24-19(26)13-7-8-30-11-13)15-9-14(10-22-18(15)25)23-12(2)21(3,4)28/h9-10,12-13,23,28H,6-8,11H2,1-5H3,(H,24,26)/t12-,13-/m0/s1. The molecule has 0 unspecified atom stereocenters. The molecule has 1 saturated heterocycles. The molecule has 1 aliphatic heterocycles. The third-order valence-corrected chi connectivity index (χ3v) is 5.58. The zero-order chi connectivity index (χ0) is 22.1. The number of hydrogen-bond acceptors (Lipinski definition) is 7. The maximum atomic E-state index is 12.8. The molecule has 9 heteroatoms. The zero-order valence-corrected chi connectivity index (χ0v) is 18.1. The van der Waals surface area contributed by atoms with Gasteiger partial charge in [0.2, 0.25) is 5.91 Å². The fourth-order valence-corrected chi connectivity index (χ4v) is 3.44. The van der Waals surface area contributed by atoms with E-state index < -0.39 is 11.6 Å². The Bertz CT molecular complexity index is 941. The van der Waals surface area contributed by atoms with E-state index in [0.29, 0.717) is 48.6 Å². The second-order valence-corrected chi connectivity index (χ2v) is 8.12. The zero-order valence-electron chi connectivity index (χ0n) is 18.1. The van der Waals surface area contributed by atoms with Crippen LogP contribution >= 0.6 is 0 Å². The number of ether oxygens (including phenoxy) is 2. The number of pyridine rings is 1. The number of esters is 1. The van der Waals surface area contributed by atoms with Crippen LogP contribution < -0.4 is 10.6 Å². The summed E-state index contributed by atoms with van der Waals surface area (Å²) in [5.74, 6) is -1.01. The Morgan fingerprint density at radius 2 is 2.20 bits per heavy atom. The third kappa shape index (κ3) is 4.27. The predicted octanol–water partition coefficient (Wildman–Crippen LogP) is 2.39. The number of aryl methyl sites for hydroxylation is 1. The first kappa shape index (κ1) is 22.0. The SMILES string of the molecule is CCn1c(C(=O)OC)c(NC(=O)[C@H]2CCOC2)c2cc(N[C@@H](C)C(C)(C)O)cnc21. The first-order valence-corrected chi connectivity index (χ1v) is 10.1. The fraction of sp³-hybridized carbons (Fsp3) is 0.571. The first-order valence-electron chi connectivity index (χ1n) is 10.1. The van der Waals surface area contributed by atoms with Gasteiger partial charge in [-0.1, -0.05) is 0 Å². The van der Waals surface area contributed by atoms with Crippen molar-refractivity contribution in [2.24, 2.45) is 5.92 Å². The number of aliphatic hydroxyl groups is 1. The molecular weight excluding hydrogens is 388 g/mol. The maximum absolute atomic E-state index is 12.8. The summed E-state index contributed by atoms with van der Waals surface area (Å²) in [5.41, 5.74) is 0.921. The second kappa shape index (κ2) is 8.61. The van der Waals surface area contributed by atoms with Gasteiger partial charge in [0.05, 0.1) is 48.8 Å². The van der Waals surface area contributed by atoms with Gasteiger partial charge in [-0.25, -0.2) is 9.78 Å². The number of fused-ring (bicyclic) bond motifs is 1. The molecule has 1 fully saturated rings. The molecule has 1 aliphatic rings. The van der Waals surface area contributed by atoms with Crippen LogP contribution in [-0.2, 0) is 20.8 Å². The van der Waals surface area contributed by atoms with Crippen LogP contribution in [-0.4, -0.2) is 58.5 Å². The first-order chi connectivity index (χ1) is 14.2. The van der Waals surface area contributed by atoms with Crippen molar-refractivity contribution in [3.63, 3.8) is 0 Å². The largest absolute Gasteiger partial charge is 0.464 e. The van der Waals surface area contributed by atoms with E-state index in [-0.39, 0.29) is 23.6 Å². The highest BCUT2D eigenvalue weighted by molar-refractivity contribution is 6.11. The number of hydrogen-bond donors (Lipinski definition) is 3. The summed E-state index contributed by atoms with van der Waals surface area (Å²) in [7, 11) is 1.31. The number of carbonyl (C=O) groups excluding carboxylic acids is 2. The smallest absolute Gasteiger partial charge is 0.356 e. The Labute approximate surface area is 175 Å². The lowest BCUT2D eigenvalue weighted by molar-refractivity contribution is -0.119. The van der Waals surface area contributed by atoms with Crippen molar-refractivity contribution in [2.45, 2.75) is 52.3 Å². The Hall–Kier alpha value is -2.65. The van der Waals surface area contributed by atoms with Gasteiger partial charge in [0.1, 0.15) is 5.65 Å². The highest BCUT2D eigenvalue weighted by Crippen LogP contribution is 2.33. The Kier molecular flexibility index (Phi) is 6.33. The van der Waals surface area contributed by atoms with Crippen molar-refractivity contribution in [1.82, 2.24) is 9.55 Å². The monoisotopic (exact) mass is 418 g/mol. The molecule has 30 heavy (non-hydrogen) atoms. The minimum absolute atomic E-state index is 0.198. The van der Waals surface area contributed by atoms with Crippen molar-refractivity contribution in [1.29, 1.82) is 0 Å². The van der Waals surface area contributed by atoms with E-state index in [0.717, 1.165) is 0 Å². The summed E-state index contributed by atoms with van der Waals surface area (Å²) < 4.78 is 12.0. The summed E-state index contributed by atoms with van der Waals surface area (Å²) in [6.45, 7) is 8.58.